The van der Waals surface area contributed by atoms with Crippen molar-refractivity contribution in [2.24, 2.45) is 0 Å². The summed E-state index contributed by atoms with van der Waals surface area (Å²) >= 11 is 0. The van der Waals surface area contributed by atoms with Gasteiger partial charge in [-0.15, -0.1) is 5.10 Å². The van der Waals surface area contributed by atoms with E-state index in [-0.39, 0.29) is 0 Å². The molecular weight excluding hydrogens is 244 g/mol. The molecule has 0 aromatic carbocycles. The van der Waals surface area contributed by atoms with Gasteiger partial charge < -0.3 is 4.52 Å². The van der Waals surface area contributed by atoms with Crippen molar-refractivity contribution < 1.29 is 4.52 Å². The molecule has 3 aromatic rings. The van der Waals surface area contributed by atoms with E-state index in [4.69, 9.17) is 4.52 Å². The van der Waals surface area contributed by atoms with E-state index in [0.29, 0.717) is 17.5 Å². The zero-order valence-electron chi connectivity index (χ0n) is 11.0. The van der Waals surface area contributed by atoms with E-state index in [1.54, 1.807) is 25.5 Å². The van der Waals surface area contributed by atoms with Crippen molar-refractivity contribution in [2.75, 3.05) is 0 Å². The van der Waals surface area contributed by atoms with Crippen LogP contribution in [0.2, 0.25) is 0 Å². The molecule has 7 nitrogen and oxygen atoms in total. The van der Waals surface area contributed by atoms with Gasteiger partial charge in [0.1, 0.15) is 5.69 Å². The SMILES string of the molecule is CC.Cc1nc(-n2cc(-c3cccnc3)nn2)no1. The predicted molar refractivity (Wildman–Crippen MR) is 68.5 cm³/mol. The Hall–Kier alpha value is -2.57. The second-order valence-corrected chi connectivity index (χ2v) is 3.40. The van der Waals surface area contributed by atoms with Crippen LogP contribution in [0.5, 0.6) is 0 Å². The Morgan fingerprint density at radius 2 is 2.11 bits per heavy atom. The minimum absolute atomic E-state index is 0.366. The van der Waals surface area contributed by atoms with Gasteiger partial charge in [0, 0.05) is 24.9 Å². The van der Waals surface area contributed by atoms with Gasteiger partial charge in [-0.05, 0) is 17.3 Å². The van der Waals surface area contributed by atoms with Crippen molar-refractivity contribution in [1.82, 2.24) is 30.1 Å². The van der Waals surface area contributed by atoms with Crippen molar-refractivity contribution >= 4 is 0 Å². The van der Waals surface area contributed by atoms with Crippen LogP contribution in [0, 0.1) is 6.92 Å². The topological polar surface area (TPSA) is 82.5 Å². The molecule has 19 heavy (non-hydrogen) atoms. The highest BCUT2D eigenvalue weighted by atomic mass is 16.5. The first-order chi connectivity index (χ1) is 9.33. The Kier molecular flexibility index (Phi) is 3.97. The zero-order valence-corrected chi connectivity index (χ0v) is 11.0. The summed E-state index contributed by atoms with van der Waals surface area (Å²) in [5, 5.41) is 11.7. The Bertz CT molecular complexity index is 630. The van der Waals surface area contributed by atoms with Gasteiger partial charge in [-0.2, -0.15) is 9.67 Å². The van der Waals surface area contributed by atoms with E-state index < -0.39 is 0 Å². The summed E-state index contributed by atoms with van der Waals surface area (Å²) in [6.45, 7) is 5.72. The molecule has 0 N–H and O–H groups in total. The maximum atomic E-state index is 4.87. The molecular formula is C12H14N6O. The Balaban J connectivity index is 0.000000637. The fourth-order valence-electron chi connectivity index (χ4n) is 1.39. The second kappa shape index (κ2) is 5.85. The quantitative estimate of drug-likeness (QED) is 0.699. The van der Waals surface area contributed by atoms with E-state index in [2.05, 4.69) is 25.4 Å². The third-order valence-electron chi connectivity index (χ3n) is 2.17. The molecule has 0 saturated carbocycles. The molecule has 0 atom stereocenters. The highest BCUT2D eigenvalue weighted by molar-refractivity contribution is 5.56. The summed E-state index contributed by atoms with van der Waals surface area (Å²) in [7, 11) is 0. The molecule has 0 fully saturated rings. The normalized spacial score (nSPS) is 9.84. The average Bonchev–Trinajstić information content (AvgIpc) is 3.10. The molecule has 3 aromatic heterocycles. The predicted octanol–water partition coefficient (Wildman–Crippen LogP) is 2.05. The summed E-state index contributed by atoms with van der Waals surface area (Å²) in [5.74, 6) is 0.851. The zero-order chi connectivity index (χ0) is 13.7. The Morgan fingerprint density at radius 3 is 2.74 bits per heavy atom. The molecule has 3 rings (SSSR count). The van der Waals surface area contributed by atoms with Crippen LogP contribution < -0.4 is 0 Å². The molecule has 0 bridgehead atoms. The fourth-order valence-corrected chi connectivity index (χ4v) is 1.39. The largest absolute Gasteiger partial charge is 0.338 e. The molecule has 7 heteroatoms. The van der Waals surface area contributed by atoms with Gasteiger partial charge in [0.25, 0.3) is 5.95 Å². The molecule has 0 amide bonds. The summed E-state index contributed by atoms with van der Waals surface area (Å²) in [6.07, 6.45) is 5.15. The third-order valence-corrected chi connectivity index (χ3v) is 2.17. The van der Waals surface area contributed by atoms with Crippen LogP contribution in [0.1, 0.15) is 19.7 Å². The van der Waals surface area contributed by atoms with E-state index in [0.717, 1.165) is 5.56 Å². The monoisotopic (exact) mass is 258 g/mol. The lowest BCUT2D eigenvalue weighted by molar-refractivity contribution is 0.389. The van der Waals surface area contributed by atoms with Crippen LogP contribution >= 0.6 is 0 Å². The lowest BCUT2D eigenvalue weighted by Crippen LogP contribution is -1.96. The molecule has 0 aliphatic heterocycles. The van der Waals surface area contributed by atoms with E-state index >= 15 is 0 Å². The van der Waals surface area contributed by atoms with Crippen LogP contribution in [-0.2, 0) is 0 Å². The first-order valence-corrected chi connectivity index (χ1v) is 5.96. The maximum Gasteiger partial charge on any atom is 0.292 e. The molecule has 0 spiro atoms. The van der Waals surface area contributed by atoms with Crippen LogP contribution in [-0.4, -0.2) is 30.1 Å². The number of aromatic nitrogens is 6. The van der Waals surface area contributed by atoms with Gasteiger partial charge in [0.15, 0.2) is 0 Å². The van der Waals surface area contributed by atoms with Gasteiger partial charge in [-0.1, -0.05) is 19.1 Å². The highest BCUT2D eigenvalue weighted by Gasteiger charge is 2.09. The number of rotatable bonds is 2. The molecule has 0 radical (unpaired) electrons. The van der Waals surface area contributed by atoms with Gasteiger partial charge in [-0.25, -0.2) is 0 Å². The Labute approximate surface area is 110 Å². The van der Waals surface area contributed by atoms with Crippen molar-refractivity contribution in [3.05, 3.63) is 36.6 Å². The summed E-state index contributed by atoms with van der Waals surface area (Å²) < 4.78 is 6.33. The minimum atomic E-state index is 0.366. The van der Waals surface area contributed by atoms with Crippen LogP contribution in [0.3, 0.4) is 0 Å². The maximum absolute atomic E-state index is 4.87. The molecule has 0 saturated heterocycles. The number of hydrogen-bond acceptors (Lipinski definition) is 6. The average molecular weight is 258 g/mol. The molecule has 3 heterocycles. The van der Waals surface area contributed by atoms with Crippen LogP contribution in [0.15, 0.2) is 35.2 Å². The summed E-state index contributed by atoms with van der Waals surface area (Å²) in [6, 6.07) is 3.75. The molecule has 0 aliphatic rings. The van der Waals surface area contributed by atoms with Crippen molar-refractivity contribution in [2.45, 2.75) is 20.8 Å². The number of aryl methyl sites for hydroxylation is 1. The smallest absolute Gasteiger partial charge is 0.292 e. The van der Waals surface area contributed by atoms with Crippen molar-refractivity contribution in [3.63, 3.8) is 0 Å². The lowest BCUT2D eigenvalue weighted by Gasteiger charge is -1.91. The van der Waals surface area contributed by atoms with Gasteiger partial charge in [0.2, 0.25) is 5.89 Å². The highest BCUT2D eigenvalue weighted by Crippen LogP contribution is 2.14. The van der Waals surface area contributed by atoms with Crippen LogP contribution in [0.4, 0.5) is 0 Å². The molecule has 98 valence electrons. The van der Waals surface area contributed by atoms with Gasteiger partial charge in [0.05, 0.1) is 6.20 Å². The Morgan fingerprint density at radius 1 is 1.26 bits per heavy atom. The minimum Gasteiger partial charge on any atom is -0.338 e. The van der Waals surface area contributed by atoms with E-state index in [9.17, 15) is 0 Å². The van der Waals surface area contributed by atoms with Crippen molar-refractivity contribution in [1.29, 1.82) is 0 Å². The molecule has 0 aliphatic carbocycles. The standard InChI is InChI=1S/C10H8N6O.C2H6/c1-7-12-10(14-17-7)16-6-9(13-15-16)8-3-2-4-11-5-8;1-2/h2-6H,1H3;1-2H3. The van der Waals surface area contributed by atoms with Crippen molar-refractivity contribution in [3.8, 4) is 17.2 Å². The lowest BCUT2D eigenvalue weighted by atomic mass is 10.2. The second-order valence-electron chi connectivity index (χ2n) is 3.40. The third kappa shape index (κ3) is 2.82. The van der Waals surface area contributed by atoms with Crippen LogP contribution in [0.25, 0.3) is 17.2 Å². The summed E-state index contributed by atoms with van der Waals surface area (Å²) in [4.78, 5) is 8.08. The summed E-state index contributed by atoms with van der Waals surface area (Å²) in [5.41, 5.74) is 1.60. The first kappa shape index (κ1) is 12.9. The number of nitrogens with zero attached hydrogens (tertiary/aromatic N) is 6. The molecule has 0 unspecified atom stereocenters. The van der Waals surface area contributed by atoms with Gasteiger partial charge >= 0.3 is 0 Å². The van der Waals surface area contributed by atoms with Gasteiger partial charge in [-0.3, -0.25) is 4.98 Å². The number of hydrogen-bond donors (Lipinski definition) is 0. The first-order valence-electron chi connectivity index (χ1n) is 5.96. The number of pyridine rings is 1. The fraction of sp³-hybridized carbons (Fsp3) is 0.250. The van der Waals surface area contributed by atoms with E-state index in [1.807, 2.05) is 26.0 Å². The van der Waals surface area contributed by atoms with E-state index in [1.165, 1.54) is 4.68 Å².